The number of likely N-dealkylation sites (tertiary alicyclic amines) is 1. The molecule has 0 spiro atoms. The highest BCUT2D eigenvalue weighted by Crippen LogP contribution is 2.23. The minimum atomic E-state index is -1.12. The van der Waals surface area contributed by atoms with Crippen LogP contribution in [0.15, 0.2) is 0 Å². The quantitative estimate of drug-likeness (QED) is 0.382. The van der Waals surface area contributed by atoms with Crippen LogP contribution in [0, 0.1) is 5.92 Å². The molecule has 0 aromatic rings. The number of aliphatic carboxylic acids is 3. The van der Waals surface area contributed by atoms with Gasteiger partial charge in [0.25, 0.3) is 0 Å². The molecule has 20 heavy (non-hydrogen) atoms. The van der Waals surface area contributed by atoms with Crippen LogP contribution in [0.4, 0.5) is 0 Å². The van der Waals surface area contributed by atoms with Crippen molar-refractivity contribution in [2.24, 2.45) is 5.92 Å². The smallest absolute Gasteiger partial charge is 0.326 e. The number of carbonyl (C=O) groups is 3. The maximum Gasteiger partial charge on any atom is 0.326 e. The number of nitrogens with zero attached hydrogens (tertiary/aromatic N) is 1. The van der Waals surface area contributed by atoms with E-state index in [1.807, 2.05) is 0 Å². The Morgan fingerprint density at radius 2 is 1.85 bits per heavy atom. The van der Waals surface area contributed by atoms with Crippen LogP contribution in [-0.4, -0.2) is 62.4 Å². The van der Waals surface area contributed by atoms with Gasteiger partial charge in [0, 0.05) is 19.5 Å². The molecule has 0 aromatic heterocycles. The normalized spacial score (nSPS) is 21.5. The van der Waals surface area contributed by atoms with Gasteiger partial charge in [-0.2, -0.15) is 0 Å². The molecule has 1 saturated heterocycles. The zero-order valence-corrected chi connectivity index (χ0v) is 11.4. The lowest BCUT2D eigenvalue weighted by atomic mass is 10.1. The van der Waals surface area contributed by atoms with Crippen molar-refractivity contribution in [1.82, 2.24) is 10.2 Å². The molecule has 1 heterocycles. The maximum atomic E-state index is 11.1. The lowest BCUT2D eigenvalue weighted by molar-refractivity contribution is -0.141. The van der Waals surface area contributed by atoms with Crippen LogP contribution in [0.25, 0.3) is 0 Å². The summed E-state index contributed by atoms with van der Waals surface area (Å²) in [5, 5.41) is 29.4. The molecule has 0 aliphatic carbocycles. The average molecular weight is 304 g/mol. The van der Waals surface area contributed by atoms with Gasteiger partial charge in [0.1, 0.15) is 6.04 Å². The molecule has 4 N–H and O–H groups in total. The molecule has 0 amide bonds. The van der Waals surface area contributed by atoms with E-state index in [9.17, 15) is 14.4 Å². The molecule has 1 aliphatic rings. The fourth-order valence-corrected chi connectivity index (χ4v) is 2.31. The highest BCUT2D eigenvalue weighted by molar-refractivity contribution is 7.80. The van der Waals surface area contributed by atoms with E-state index >= 15 is 0 Å². The Morgan fingerprint density at radius 1 is 1.20 bits per heavy atom. The number of hydrogen-bond donors (Lipinski definition) is 4. The van der Waals surface area contributed by atoms with Crippen molar-refractivity contribution in [2.75, 3.05) is 13.1 Å². The summed E-state index contributed by atoms with van der Waals surface area (Å²) in [4.78, 5) is 33.7. The fourth-order valence-electron chi connectivity index (χ4n) is 2.01. The van der Waals surface area contributed by atoms with E-state index < -0.39 is 29.9 Å². The van der Waals surface area contributed by atoms with Crippen molar-refractivity contribution in [1.29, 1.82) is 0 Å². The SMILES string of the molecule is O=C(O)CCCNC(=S)N1CC(C(=O)O)CC1C(=O)O. The van der Waals surface area contributed by atoms with Crippen LogP contribution < -0.4 is 5.32 Å². The molecule has 112 valence electrons. The Hall–Kier alpha value is -1.90. The predicted octanol–water partition coefficient (Wildman–Crippen LogP) is -0.415. The van der Waals surface area contributed by atoms with E-state index in [0.717, 1.165) is 0 Å². The van der Waals surface area contributed by atoms with Gasteiger partial charge in [-0.1, -0.05) is 0 Å². The summed E-state index contributed by atoms with van der Waals surface area (Å²) >= 11 is 5.04. The third-order valence-electron chi connectivity index (χ3n) is 3.04. The first kappa shape index (κ1) is 16.2. The van der Waals surface area contributed by atoms with Crippen molar-refractivity contribution >= 4 is 35.2 Å². The fraction of sp³-hybridized carbons (Fsp3) is 0.636. The largest absolute Gasteiger partial charge is 0.481 e. The molecular weight excluding hydrogens is 288 g/mol. The van der Waals surface area contributed by atoms with Crippen LogP contribution in [0.3, 0.4) is 0 Å². The molecule has 1 fully saturated rings. The van der Waals surface area contributed by atoms with Crippen LogP contribution in [0.1, 0.15) is 19.3 Å². The Morgan fingerprint density at radius 3 is 2.35 bits per heavy atom. The molecule has 2 atom stereocenters. The van der Waals surface area contributed by atoms with Crippen molar-refractivity contribution in [3.8, 4) is 0 Å². The first-order chi connectivity index (χ1) is 9.32. The average Bonchev–Trinajstić information content (AvgIpc) is 2.79. The van der Waals surface area contributed by atoms with Crippen molar-refractivity contribution in [3.63, 3.8) is 0 Å². The monoisotopic (exact) mass is 304 g/mol. The van der Waals surface area contributed by atoms with Crippen LogP contribution in [0.2, 0.25) is 0 Å². The van der Waals surface area contributed by atoms with E-state index in [2.05, 4.69) is 5.32 Å². The number of carboxylic acid groups (broad SMARTS) is 3. The van der Waals surface area contributed by atoms with Gasteiger partial charge in [-0.3, -0.25) is 9.59 Å². The summed E-state index contributed by atoms with van der Waals surface area (Å²) in [5.41, 5.74) is 0. The summed E-state index contributed by atoms with van der Waals surface area (Å²) in [6.45, 7) is 0.336. The van der Waals surface area contributed by atoms with Crippen molar-refractivity contribution < 1.29 is 29.7 Å². The molecular formula is C11H16N2O6S. The Labute approximate surface area is 120 Å². The highest BCUT2D eigenvalue weighted by Gasteiger charge is 2.41. The molecule has 1 aliphatic heterocycles. The number of nitrogens with one attached hydrogen (secondary N) is 1. The minimum absolute atomic E-state index is 0.00160. The van der Waals surface area contributed by atoms with Crippen molar-refractivity contribution in [2.45, 2.75) is 25.3 Å². The number of carboxylic acids is 3. The topological polar surface area (TPSA) is 127 Å². The van der Waals surface area contributed by atoms with E-state index in [4.69, 9.17) is 27.5 Å². The third kappa shape index (κ3) is 4.34. The second-order valence-electron chi connectivity index (χ2n) is 4.51. The van der Waals surface area contributed by atoms with E-state index in [1.54, 1.807) is 0 Å². The summed E-state index contributed by atoms with van der Waals surface area (Å²) in [7, 11) is 0. The summed E-state index contributed by atoms with van der Waals surface area (Å²) in [6, 6.07) is -0.962. The zero-order chi connectivity index (χ0) is 15.3. The van der Waals surface area contributed by atoms with E-state index in [1.165, 1.54) is 4.90 Å². The Bertz CT molecular complexity index is 427. The summed E-state index contributed by atoms with van der Waals surface area (Å²) in [5.74, 6) is -3.86. The van der Waals surface area contributed by atoms with Gasteiger partial charge in [0.05, 0.1) is 5.92 Å². The van der Waals surface area contributed by atoms with Gasteiger partial charge >= 0.3 is 17.9 Å². The van der Waals surface area contributed by atoms with Gasteiger partial charge in [0.15, 0.2) is 5.11 Å². The first-order valence-electron chi connectivity index (χ1n) is 6.04. The summed E-state index contributed by atoms with van der Waals surface area (Å²) < 4.78 is 0. The molecule has 2 unspecified atom stereocenters. The van der Waals surface area contributed by atoms with Gasteiger partial charge in [-0.15, -0.1) is 0 Å². The second-order valence-corrected chi connectivity index (χ2v) is 4.89. The minimum Gasteiger partial charge on any atom is -0.481 e. The molecule has 0 saturated carbocycles. The van der Waals surface area contributed by atoms with Gasteiger partial charge < -0.3 is 25.5 Å². The van der Waals surface area contributed by atoms with Gasteiger partial charge in [0.2, 0.25) is 0 Å². The number of hydrogen-bond acceptors (Lipinski definition) is 4. The predicted molar refractivity (Wildman–Crippen MR) is 71.3 cm³/mol. The zero-order valence-electron chi connectivity index (χ0n) is 10.6. The van der Waals surface area contributed by atoms with Crippen LogP contribution >= 0.6 is 12.2 Å². The lowest BCUT2D eigenvalue weighted by Gasteiger charge is -2.24. The van der Waals surface area contributed by atoms with Crippen molar-refractivity contribution in [3.05, 3.63) is 0 Å². The summed E-state index contributed by atoms with van der Waals surface area (Å²) in [6.07, 6.45) is 0.334. The third-order valence-corrected chi connectivity index (χ3v) is 3.42. The standard InChI is InChI=1S/C11H16N2O6S/c14-8(15)2-1-3-12-11(20)13-5-6(9(16)17)4-7(13)10(18)19/h6-7H,1-5H2,(H,12,20)(H,14,15)(H,16,17)(H,18,19). The molecule has 0 radical (unpaired) electrons. The van der Waals surface area contributed by atoms with E-state index in [0.29, 0.717) is 13.0 Å². The highest BCUT2D eigenvalue weighted by atomic mass is 32.1. The molecule has 9 heteroatoms. The lowest BCUT2D eigenvalue weighted by Crippen LogP contribution is -2.46. The van der Waals surface area contributed by atoms with Gasteiger partial charge in [-0.25, -0.2) is 4.79 Å². The Balaban J connectivity index is 2.53. The number of thiocarbonyl (C=S) groups is 1. The molecule has 0 aromatic carbocycles. The van der Waals surface area contributed by atoms with Gasteiger partial charge in [-0.05, 0) is 25.1 Å². The molecule has 0 bridgehead atoms. The number of rotatable bonds is 6. The molecule has 8 nitrogen and oxygen atoms in total. The van der Waals surface area contributed by atoms with E-state index in [-0.39, 0.29) is 24.5 Å². The van der Waals surface area contributed by atoms with Crippen LogP contribution in [0.5, 0.6) is 0 Å². The Kier molecular flexibility index (Phi) is 5.68. The second kappa shape index (κ2) is 7.04. The maximum absolute atomic E-state index is 11.1. The van der Waals surface area contributed by atoms with Crippen LogP contribution in [-0.2, 0) is 14.4 Å². The first-order valence-corrected chi connectivity index (χ1v) is 6.45. The molecule has 1 rings (SSSR count).